The fraction of sp³-hybridized carbons (Fsp3) is 0.421. The topological polar surface area (TPSA) is 71.7 Å². The number of likely N-dealkylation sites (N-methyl/N-ethyl adjacent to an activating group) is 1. The van der Waals surface area contributed by atoms with Crippen molar-refractivity contribution in [1.29, 1.82) is 0 Å². The number of fused-ring (bicyclic) bond motifs is 1. The van der Waals surface area contributed by atoms with Gasteiger partial charge in [-0.15, -0.1) is 0 Å². The molecule has 0 atom stereocenters. The molecule has 2 heterocycles. The highest BCUT2D eigenvalue weighted by atomic mass is 32.1. The largest absolute Gasteiger partial charge is 0.494 e. The summed E-state index contributed by atoms with van der Waals surface area (Å²) >= 11 is 1.47. The predicted octanol–water partition coefficient (Wildman–Crippen LogP) is 3.67. The number of carbonyl (C=O) groups is 1. The van der Waals surface area contributed by atoms with Crippen LogP contribution >= 0.6 is 11.3 Å². The van der Waals surface area contributed by atoms with Gasteiger partial charge >= 0.3 is 0 Å². The van der Waals surface area contributed by atoms with Crippen molar-refractivity contribution in [2.75, 3.05) is 37.7 Å². The molecule has 0 bridgehead atoms. The molecule has 3 rings (SSSR count). The van der Waals surface area contributed by atoms with E-state index in [4.69, 9.17) is 9.26 Å². The molecule has 27 heavy (non-hydrogen) atoms. The molecular formula is C19H24N4O3S. The third-order valence-corrected chi connectivity index (χ3v) is 5.36. The highest BCUT2D eigenvalue weighted by Crippen LogP contribution is 2.32. The minimum atomic E-state index is -0.233. The number of ether oxygens (including phenoxy) is 1. The number of rotatable bonds is 9. The predicted molar refractivity (Wildman–Crippen MR) is 107 cm³/mol. The fourth-order valence-electron chi connectivity index (χ4n) is 2.79. The van der Waals surface area contributed by atoms with Crippen LogP contribution in [0.2, 0.25) is 0 Å². The number of hydrogen-bond donors (Lipinski definition) is 0. The zero-order chi connectivity index (χ0) is 19.2. The zero-order valence-electron chi connectivity index (χ0n) is 15.8. The molecule has 0 aliphatic heterocycles. The number of nitrogens with zero attached hydrogens (tertiary/aromatic N) is 4. The number of thiazole rings is 1. The van der Waals surface area contributed by atoms with Crippen LogP contribution in [0.25, 0.3) is 10.2 Å². The van der Waals surface area contributed by atoms with E-state index < -0.39 is 0 Å². The molecule has 0 aliphatic carbocycles. The first-order valence-corrected chi connectivity index (χ1v) is 9.96. The smallest absolute Gasteiger partial charge is 0.298 e. The van der Waals surface area contributed by atoms with Crippen LogP contribution < -0.4 is 9.64 Å². The van der Waals surface area contributed by atoms with Crippen molar-refractivity contribution in [1.82, 2.24) is 15.0 Å². The van der Waals surface area contributed by atoms with Crippen molar-refractivity contribution in [3.8, 4) is 5.75 Å². The lowest BCUT2D eigenvalue weighted by molar-refractivity contribution is 0.0948. The molecule has 0 unspecified atom stereocenters. The minimum Gasteiger partial charge on any atom is -0.494 e. The SMILES string of the molecule is CCOc1ccc2nc(N(CCN(CC)CC)C(=O)c3ccno3)sc2c1. The molecule has 1 amide bonds. The van der Waals surface area contributed by atoms with Gasteiger partial charge in [0.1, 0.15) is 5.75 Å². The number of hydrogen-bond acceptors (Lipinski definition) is 7. The molecule has 0 fully saturated rings. The number of aromatic nitrogens is 2. The van der Waals surface area contributed by atoms with Gasteiger partial charge in [0, 0.05) is 19.2 Å². The summed E-state index contributed by atoms with van der Waals surface area (Å²) in [5.41, 5.74) is 0.844. The van der Waals surface area contributed by atoms with Gasteiger partial charge < -0.3 is 14.2 Å². The molecule has 3 aromatic rings. The van der Waals surface area contributed by atoms with Crippen LogP contribution in [-0.2, 0) is 0 Å². The summed E-state index contributed by atoms with van der Waals surface area (Å²) in [5.74, 6) is 0.781. The van der Waals surface area contributed by atoms with Gasteiger partial charge in [0.15, 0.2) is 5.13 Å². The summed E-state index contributed by atoms with van der Waals surface area (Å²) in [6, 6.07) is 7.35. The van der Waals surface area contributed by atoms with Crippen LogP contribution in [-0.4, -0.2) is 53.7 Å². The van der Waals surface area contributed by atoms with Crippen LogP contribution in [0.15, 0.2) is 35.0 Å². The first-order valence-electron chi connectivity index (χ1n) is 9.14. The Labute approximate surface area is 162 Å². The molecular weight excluding hydrogens is 364 g/mol. The fourth-order valence-corrected chi connectivity index (χ4v) is 3.81. The van der Waals surface area contributed by atoms with E-state index in [1.165, 1.54) is 17.5 Å². The van der Waals surface area contributed by atoms with E-state index >= 15 is 0 Å². The van der Waals surface area contributed by atoms with Crippen molar-refractivity contribution in [2.24, 2.45) is 0 Å². The lowest BCUT2D eigenvalue weighted by Gasteiger charge is -2.23. The molecule has 2 aromatic heterocycles. The molecule has 0 spiro atoms. The summed E-state index contributed by atoms with van der Waals surface area (Å²) in [4.78, 5) is 21.6. The Bertz CT molecular complexity index is 874. The summed E-state index contributed by atoms with van der Waals surface area (Å²) in [5, 5.41) is 4.30. The van der Waals surface area contributed by atoms with E-state index in [1.54, 1.807) is 11.0 Å². The first-order chi connectivity index (χ1) is 13.2. The lowest BCUT2D eigenvalue weighted by Crippen LogP contribution is -2.38. The van der Waals surface area contributed by atoms with Gasteiger partial charge in [-0.25, -0.2) is 4.98 Å². The second-order valence-electron chi connectivity index (χ2n) is 5.92. The van der Waals surface area contributed by atoms with E-state index in [1.807, 2.05) is 25.1 Å². The van der Waals surface area contributed by atoms with E-state index in [-0.39, 0.29) is 11.7 Å². The molecule has 1 aromatic carbocycles. The molecule has 7 nitrogen and oxygen atoms in total. The van der Waals surface area contributed by atoms with Crippen LogP contribution in [0.4, 0.5) is 5.13 Å². The third-order valence-electron chi connectivity index (χ3n) is 4.32. The number of amides is 1. The van der Waals surface area contributed by atoms with E-state index in [0.29, 0.717) is 18.3 Å². The van der Waals surface area contributed by atoms with Crippen molar-refractivity contribution in [3.63, 3.8) is 0 Å². The maximum absolute atomic E-state index is 13.0. The van der Waals surface area contributed by atoms with Gasteiger partial charge in [-0.2, -0.15) is 0 Å². The van der Waals surface area contributed by atoms with E-state index in [0.717, 1.165) is 35.6 Å². The molecule has 0 N–H and O–H groups in total. The highest BCUT2D eigenvalue weighted by molar-refractivity contribution is 7.22. The zero-order valence-corrected chi connectivity index (χ0v) is 16.7. The van der Waals surface area contributed by atoms with Crippen LogP contribution in [0.3, 0.4) is 0 Å². The average Bonchev–Trinajstić information content (AvgIpc) is 3.34. The summed E-state index contributed by atoms with van der Waals surface area (Å²) < 4.78 is 11.6. The Kier molecular flexibility index (Phi) is 6.41. The highest BCUT2D eigenvalue weighted by Gasteiger charge is 2.24. The van der Waals surface area contributed by atoms with Gasteiger partial charge in [-0.05, 0) is 38.2 Å². The quantitative estimate of drug-likeness (QED) is 0.557. The number of carbonyl (C=O) groups excluding carboxylic acids is 1. The van der Waals surface area contributed by atoms with Crippen LogP contribution in [0.1, 0.15) is 31.3 Å². The molecule has 0 saturated carbocycles. The monoisotopic (exact) mass is 388 g/mol. The maximum atomic E-state index is 13.0. The van der Waals surface area contributed by atoms with Gasteiger partial charge in [-0.1, -0.05) is 30.3 Å². The van der Waals surface area contributed by atoms with Crippen LogP contribution in [0, 0.1) is 0 Å². The Morgan fingerprint density at radius 2 is 2.00 bits per heavy atom. The standard InChI is InChI=1S/C19H24N4O3S/c1-4-22(5-2)11-12-23(18(24)16-9-10-20-26-16)19-21-15-8-7-14(25-6-3)13-17(15)27-19/h7-10,13H,4-6,11-12H2,1-3H3. The normalized spacial score (nSPS) is 11.3. The van der Waals surface area contributed by atoms with Gasteiger partial charge in [0.25, 0.3) is 5.91 Å². The summed E-state index contributed by atoms with van der Waals surface area (Å²) in [6.07, 6.45) is 1.47. The maximum Gasteiger partial charge on any atom is 0.298 e. The minimum absolute atomic E-state index is 0.212. The van der Waals surface area contributed by atoms with Crippen molar-refractivity contribution in [3.05, 3.63) is 36.2 Å². The van der Waals surface area contributed by atoms with Gasteiger partial charge in [-0.3, -0.25) is 9.69 Å². The van der Waals surface area contributed by atoms with Crippen molar-refractivity contribution in [2.45, 2.75) is 20.8 Å². The van der Waals surface area contributed by atoms with Crippen molar-refractivity contribution < 1.29 is 14.1 Å². The lowest BCUT2D eigenvalue weighted by atomic mass is 10.3. The molecule has 0 radical (unpaired) electrons. The second-order valence-corrected chi connectivity index (χ2v) is 6.93. The van der Waals surface area contributed by atoms with Gasteiger partial charge in [0.05, 0.1) is 23.0 Å². The Morgan fingerprint density at radius 3 is 2.67 bits per heavy atom. The van der Waals surface area contributed by atoms with E-state index in [2.05, 4.69) is 28.9 Å². The average molecular weight is 388 g/mol. The van der Waals surface area contributed by atoms with E-state index in [9.17, 15) is 4.79 Å². The second kappa shape index (κ2) is 8.96. The molecule has 0 saturated heterocycles. The van der Waals surface area contributed by atoms with Crippen LogP contribution in [0.5, 0.6) is 5.75 Å². The summed E-state index contributed by atoms with van der Waals surface area (Å²) in [6.45, 7) is 9.92. The Morgan fingerprint density at radius 1 is 1.19 bits per heavy atom. The number of anilines is 1. The van der Waals surface area contributed by atoms with Crippen molar-refractivity contribution >= 4 is 32.6 Å². The van der Waals surface area contributed by atoms with Gasteiger partial charge in [0.2, 0.25) is 5.76 Å². The Balaban J connectivity index is 1.91. The first kappa shape index (κ1) is 19.3. The Hall–Kier alpha value is -2.45. The molecule has 144 valence electrons. The third kappa shape index (κ3) is 4.45. The molecule has 0 aliphatic rings. The summed E-state index contributed by atoms with van der Waals surface area (Å²) in [7, 11) is 0. The molecule has 8 heteroatoms. The number of benzene rings is 1.